The van der Waals surface area contributed by atoms with Crippen LogP contribution in [0.15, 0.2) is 18.5 Å². The molecule has 0 unspecified atom stereocenters. The minimum atomic E-state index is -0.304. The SMILES string of the molecule is CC.CC(C)Nc1ccncc1F. The Bertz CT molecular complexity index is 236. The summed E-state index contributed by atoms with van der Waals surface area (Å²) in [4.78, 5) is 3.64. The van der Waals surface area contributed by atoms with Gasteiger partial charge in [-0.15, -0.1) is 0 Å². The maximum atomic E-state index is 12.8. The average Bonchev–Trinajstić information content (AvgIpc) is 2.12. The smallest absolute Gasteiger partial charge is 0.164 e. The van der Waals surface area contributed by atoms with Gasteiger partial charge in [0, 0.05) is 12.2 Å². The lowest BCUT2D eigenvalue weighted by molar-refractivity contribution is 0.621. The lowest BCUT2D eigenvalue weighted by Crippen LogP contribution is -2.10. The number of aromatic nitrogens is 1. The number of anilines is 1. The topological polar surface area (TPSA) is 24.9 Å². The Labute approximate surface area is 79.2 Å². The van der Waals surface area contributed by atoms with E-state index in [1.165, 1.54) is 6.20 Å². The summed E-state index contributed by atoms with van der Waals surface area (Å²) in [5.41, 5.74) is 0.509. The summed E-state index contributed by atoms with van der Waals surface area (Å²) in [6, 6.07) is 1.86. The van der Waals surface area contributed by atoms with E-state index in [2.05, 4.69) is 10.3 Å². The lowest BCUT2D eigenvalue weighted by atomic mass is 10.3. The van der Waals surface area contributed by atoms with Crippen LogP contribution in [0, 0.1) is 5.82 Å². The summed E-state index contributed by atoms with van der Waals surface area (Å²) in [5.74, 6) is -0.304. The first-order chi connectivity index (χ1) is 6.20. The van der Waals surface area contributed by atoms with E-state index in [9.17, 15) is 4.39 Å². The first-order valence-corrected chi connectivity index (χ1v) is 4.56. The molecule has 2 nitrogen and oxygen atoms in total. The summed E-state index contributed by atoms with van der Waals surface area (Å²) in [7, 11) is 0. The molecule has 0 aliphatic heterocycles. The number of nitrogens with one attached hydrogen (secondary N) is 1. The molecule has 0 amide bonds. The van der Waals surface area contributed by atoms with Gasteiger partial charge < -0.3 is 5.32 Å². The standard InChI is InChI=1S/C8H11FN2.C2H6/c1-6(2)11-8-3-4-10-5-7(8)9;1-2/h3-6H,1-2H3,(H,10,11);1-2H3. The minimum Gasteiger partial charge on any atom is -0.380 e. The molecule has 1 aromatic rings. The molecule has 0 aliphatic carbocycles. The molecular formula is C10H17FN2. The molecular weight excluding hydrogens is 167 g/mol. The molecule has 0 radical (unpaired) electrons. The van der Waals surface area contributed by atoms with E-state index >= 15 is 0 Å². The summed E-state index contributed by atoms with van der Waals surface area (Å²) < 4.78 is 12.8. The predicted molar refractivity (Wildman–Crippen MR) is 54.3 cm³/mol. The highest BCUT2D eigenvalue weighted by Gasteiger charge is 2.00. The Morgan fingerprint density at radius 2 is 2.00 bits per heavy atom. The lowest BCUT2D eigenvalue weighted by Gasteiger charge is -2.09. The van der Waals surface area contributed by atoms with Gasteiger partial charge in [-0.25, -0.2) is 4.39 Å². The third kappa shape index (κ3) is 4.45. The largest absolute Gasteiger partial charge is 0.380 e. The molecule has 0 atom stereocenters. The molecule has 1 N–H and O–H groups in total. The van der Waals surface area contributed by atoms with Crippen molar-refractivity contribution in [2.75, 3.05) is 5.32 Å². The van der Waals surface area contributed by atoms with Crippen LogP contribution in [0.25, 0.3) is 0 Å². The van der Waals surface area contributed by atoms with Gasteiger partial charge in [0.2, 0.25) is 0 Å². The van der Waals surface area contributed by atoms with Crippen LogP contribution >= 0.6 is 0 Å². The van der Waals surface area contributed by atoms with Crippen LogP contribution in [0.5, 0.6) is 0 Å². The number of hydrogen-bond donors (Lipinski definition) is 1. The van der Waals surface area contributed by atoms with E-state index in [0.717, 1.165) is 0 Å². The fourth-order valence-electron chi connectivity index (χ4n) is 0.803. The Morgan fingerprint density at radius 1 is 1.38 bits per heavy atom. The van der Waals surface area contributed by atoms with Crippen molar-refractivity contribution in [3.05, 3.63) is 24.3 Å². The van der Waals surface area contributed by atoms with Crippen LogP contribution in [0.3, 0.4) is 0 Å². The average molecular weight is 184 g/mol. The van der Waals surface area contributed by atoms with Gasteiger partial charge in [-0.3, -0.25) is 4.98 Å². The monoisotopic (exact) mass is 184 g/mol. The summed E-state index contributed by atoms with van der Waals surface area (Å²) in [5, 5.41) is 2.96. The van der Waals surface area contributed by atoms with Gasteiger partial charge in [0.15, 0.2) is 5.82 Å². The van der Waals surface area contributed by atoms with Crippen LogP contribution in [-0.2, 0) is 0 Å². The highest BCUT2D eigenvalue weighted by molar-refractivity contribution is 5.43. The van der Waals surface area contributed by atoms with Crippen molar-refractivity contribution >= 4 is 5.69 Å². The molecule has 1 rings (SSSR count). The van der Waals surface area contributed by atoms with Gasteiger partial charge in [-0.2, -0.15) is 0 Å². The second kappa shape index (κ2) is 6.40. The summed E-state index contributed by atoms with van der Waals surface area (Å²) in [6.45, 7) is 7.92. The maximum Gasteiger partial charge on any atom is 0.164 e. The zero-order valence-electron chi connectivity index (χ0n) is 8.63. The molecule has 0 bridgehead atoms. The number of rotatable bonds is 2. The second-order valence-electron chi connectivity index (χ2n) is 2.65. The number of pyridine rings is 1. The van der Waals surface area contributed by atoms with E-state index < -0.39 is 0 Å². The van der Waals surface area contributed by atoms with Crippen molar-refractivity contribution in [1.82, 2.24) is 4.98 Å². The molecule has 13 heavy (non-hydrogen) atoms. The van der Waals surface area contributed by atoms with E-state index in [1.807, 2.05) is 27.7 Å². The summed E-state index contributed by atoms with van der Waals surface area (Å²) in [6.07, 6.45) is 2.76. The molecule has 74 valence electrons. The maximum absolute atomic E-state index is 12.8. The van der Waals surface area contributed by atoms with E-state index in [0.29, 0.717) is 5.69 Å². The highest BCUT2D eigenvalue weighted by Crippen LogP contribution is 2.11. The second-order valence-corrected chi connectivity index (χ2v) is 2.65. The Kier molecular flexibility index (Phi) is 5.85. The molecule has 0 aliphatic rings. The van der Waals surface area contributed by atoms with Gasteiger partial charge in [-0.05, 0) is 19.9 Å². The number of nitrogens with zero attached hydrogens (tertiary/aromatic N) is 1. The van der Waals surface area contributed by atoms with Gasteiger partial charge >= 0.3 is 0 Å². The third-order valence-corrected chi connectivity index (χ3v) is 1.22. The van der Waals surface area contributed by atoms with Crippen molar-refractivity contribution in [3.63, 3.8) is 0 Å². The van der Waals surface area contributed by atoms with Crippen LogP contribution in [0.2, 0.25) is 0 Å². The van der Waals surface area contributed by atoms with Crippen molar-refractivity contribution in [2.24, 2.45) is 0 Å². The molecule has 0 fully saturated rings. The van der Waals surface area contributed by atoms with Gasteiger partial charge in [0.1, 0.15) is 0 Å². The third-order valence-electron chi connectivity index (χ3n) is 1.22. The quantitative estimate of drug-likeness (QED) is 0.764. The number of halogens is 1. The van der Waals surface area contributed by atoms with E-state index in [4.69, 9.17) is 0 Å². The zero-order chi connectivity index (χ0) is 10.3. The highest BCUT2D eigenvalue weighted by atomic mass is 19.1. The van der Waals surface area contributed by atoms with Crippen LogP contribution < -0.4 is 5.32 Å². The molecule has 1 aromatic heterocycles. The fraction of sp³-hybridized carbons (Fsp3) is 0.500. The van der Waals surface area contributed by atoms with Gasteiger partial charge in [-0.1, -0.05) is 13.8 Å². The fourth-order valence-corrected chi connectivity index (χ4v) is 0.803. The van der Waals surface area contributed by atoms with Crippen molar-refractivity contribution < 1.29 is 4.39 Å². The summed E-state index contributed by atoms with van der Waals surface area (Å²) >= 11 is 0. The Balaban J connectivity index is 0.000000671. The van der Waals surface area contributed by atoms with Crippen molar-refractivity contribution in [2.45, 2.75) is 33.7 Å². The van der Waals surface area contributed by atoms with Crippen LogP contribution in [0.4, 0.5) is 10.1 Å². The molecule has 0 spiro atoms. The number of hydrogen-bond acceptors (Lipinski definition) is 2. The van der Waals surface area contributed by atoms with Gasteiger partial charge in [0.05, 0.1) is 11.9 Å². The predicted octanol–water partition coefficient (Wildman–Crippen LogP) is 3.07. The normalized spacial score (nSPS) is 9.08. The first-order valence-electron chi connectivity index (χ1n) is 4.56. The minimum absolute atomic E-state index is 0.242. The first kappa shape index (κ1) is 11.9. The van der Waals surface area contributed by atoms with Gasteiger partial charge in [0.25, 0.3) is 0 Å². The van der Waals surface area contributed by atoms with Crippen LogP contribution in [0.1, 0.15) is 27.7 Å². The van der Waals surface area contributed by atoms with Crippen molar-refractivity contribution in [1.29, 1.82) is 0 Å². The molecule has 0 saturated heterocycles. The van der Waals surface area contributed by atoms with E-state index in [1.54, 1.807) is 12.3 Å². The van der Waals surface area contributed by atoms with Crippen molar-refractivity contribution in [3.8, 4) is 0 Å². The molecule has 3 heteroatoms. The molecule has 0 aromatic carbocycles. The molecule has 0 saturated carbocycles. The Hall–Kier alpha value is -1.12. The zero-order valence-corrected chi connectivity index (χ0v) is 8.63. The Morgan fingerprint density at radius 3 is 2.46 bits per heavy atom. The van der Waals surface area contributed by atoms with Crippen LogP contribution in [-0.4, -0.2) is 11.0 Å². The molecule has 1 heterocycles. The van der Waals surface area contributed by atoms with E-state index in [-0.39, 0.29) is 11.9 Å².